The second-order valence-corrected chi connectivity index (χ2v) is 5.54. The van der Waals surface area contributed by atoms with Gasteiger partial charge in [-0.1, -0.05) is 6.08 Å². The average molecular weight is 272 g/mol. The Balaban J connectivity index is 2.36. The number of hydrogen-bond acceptors (Lipinski definition) is 3. The molecular formula is C12H20N2O3S. The molecule has 2 amide bonds. The highest BCUT2D eigenvalue weighted by Crippen LogP contribution is 2.27. The Hall–Kier alpha value is -1.17. The van der Waals surface area contributed by atoms with Gasteiger partial charge in [0.25, 0.3) is 0 Å². The van der Waals surface area contributed by atoms with Gasteiger partial charge in [-0.3, -0.25) is 0 Å². The molecule has 102 valence electrons. The zero-order valence-electron chi connectivity index (χ0n) is 10.5. The zero-order valence-corrected chi connectivity index (χ0v) is 11.3. The molecule has 1 saturated carbocycles. The van der Waals surface area contributed by atoms with Crippen molar-refractivity contribution >= 4 is 23.8 Å². The number of carboxylic acids is 1. The third-order valence-electron chi connectivity index (χ3n) is 3.06. The summed E-state index contributed by atoms with van der Waals surface area (Å²) in [5.74, 6) is -1.04. The summed E-state index contributed by atoms with van der Waals surface area (Å²) in [5, 5.41) is 14.8. The quantitative estimate of drug-likeness (QED) is 0.642. The lowest BCUT2D eigenvalue weighted by Crippen LogP contribution is -2.48. The van der Waals surface area contributed by atoms with Gasteiger partial charge in [-0.2, -0.15) is 11.8 Å². The van der Waals surface area contributed by atoms with E-state index in [1.807, 2.05) is 11.8 Å². The molecule has 3 unspecified atom stereocenters. The van der Waals surface area contributed by atoms with Crippen molar-refractivity contribution in [2.45, 2.75) is 43.0 Å². The first kappa shape index (κ1) is 14.9. The Kier molecular flexibility index (Phi) is 6.04. The van der Waals surface area contributed by atoms with Crippen molar-refractivity contribution in [2.24, 2.45) is 0 Å². The fourth-order valence-electron chi connectivity index (χ4n) is 2.06. The topological polar surface area (TPSA) is 78.4 Å². The molecule has 0 spiro atoms. The summed E-state index contributed by atoms with van der Waals surface area (Å²) in [4.78, 5) is 22.5. The van der Waals surface area contributed by atoms with Crippen LogP contribution in [0, 0.1) is 0 Å². The fraction of sp³-hybridized carbons (Fsp3) is 0.667. The van der Waals surface area contributed by atoms with Gasteiger partial charge in [0.15, 0.2) is 0 Å². The van der Waals surface area contributed by atoms with Crippen molar-refractivity contribution in [3.63, 3.8) is 0 Å². The summed E-state index contributed by atoms with van der Waals surface area (Å²) in [5.41, 5.74) is 0. The van der Waals surface area contributed by atoms with Crippen LogP contribution in [0.2, 0.25) is 0 Å². The summed E-state index contributed by atoms with van der Waals surface area (Å²) in [7, 11) is 0. The van der Waals surface area contributed by atoms with Crippen LogP contribution in [-0.4, -0.2) is 40.7 Å². The first-order chi connectivity index (χ1) is 8.56. The largest absolute Gasteiger partial charge is 0.480 e. The normalized spacial score (nSPS) is 24.3. The second-order valence-electron chi connectivity index (χ2n) is 4.40. The Morgan fingerprint density at radius 2 is 2.28 bits per heavy atom. The maximum Gasteiger partial charge on any atom is 0.326 e. The lowest BCUT2D eigenvalue weighted by atomic mass is 10.2. The van der Waals surface area contributed by atoms with Gasteiger partial charge in [-0.15, -0.1) is 6.58 Å². The van der Waals surface area contributed by atoms with Crippen molar-refractivity contribution in [3.05, 3.63) is 12.7 Å². The minimum Gasteiger partial charge on any atom is -0.480 e. The van der Waals surface area contributed by atoms with Crippen molar-refractivity contribution in [1.29, 1.82) is 0 Å². The van der Waals surface area contributed by atoms with Gasteiger partial charge in [0, 0.05) is 11.3 Å². The lowest BCUT2D eigenvalue weighted by molar-refractivity contribution is -0.139. The minimum atomic E-state index is -1.04. The van der Waals surface area contributed by atoms with E-state index in [1.165, 1.54) is 6.08 Å². The number of thioether (sulfide) groups is 1. The molecule has 6 heteroatoms. The molecule has 1 fully saturated rings. The van der Waals surface area contributed by atoms with Gasteiger partial charge in [0.1, 0.15) is 6.04 Å². The van der Waals surface area contributed by atoms with Crippen LogP contribution in [0.3, 0.4) is 0 Å². The van der Waals surface area contributed by atoms with E-state index in [0.29, 0.717) is 5.25 Å². The number of aliphatic carboxylic acids is 1. The summed E-state index contributed by atoms with van der Waals surface area (Å²) in [6, 6.07) is -1.16. The summed E-state index contributed by atoms with van der Waals surface area (Å²) < 4.78 is 0. The van der Waals surface area contributed by atoms with E-state index >= 15 is 0 Å². The molecule has 0 saturated heterocycles. The number of hydrogen-bond donors (Lipinski definition) is 3. The van der Waals surface area contributed by atoms with E-state index in [-0.39, 0.29) is 12.5 Å². The molecule has 1 aliphatic rings. The molecule has 5 nitrogen and oxygen atoms in total. The van der Waals surface area contributed by atoms with Crippen LogP contribution in [0.1, 0.15) is 25.7 Å². The lowest BCUT2D eigenvalue weighted by Gasteiger charge is -2.17. The average Bonchev–Trinajstić information content (AvgIpc) is 2.76. The SMILES string of the molecule is C=CCC(NC(=O)NC1CCC(SC)C1)C(=O)O. The molecule has 0 aliphatic heterocycles. The smallest absolute Gasteiger partial charge is 0.326 e. The maximum absolute atomic E-state index is 11.7. The van der Waals surface area contributed by atoms with E-state index in [1.54, 1.807) is 0 Å². The molecule has 3 N–H and O–H groups in total. The van der Waals surface area contributed by atoms with E-state index in [9.17, 15) is 9.59 Å². The van der Waals surface area contributed by atoms with Crippen molar-refractivity contribution in [3.8, 4) is 0 Å². The van der Waals surface area contributed by atoms with Gasteiger partial charge in [0.05, 0.1) is 0 Å². The fourth-order valence-corrected chi connectivity index (χ4v) is 2.86. The standard InChI is InChI=1S/C12H20N2O3S/c1-3-4-10(11(15)16)14-12(17)13-8-5-6-9(7-8)18-2/h3,8-10H,1,4-7H2,2H3,(H,15,16)(H2,13,14,17). The van der Waals surface area contributed by atoms with Gasteiger partial charge in [-0.25, -0.2) is 9.59 Å². The van der Waals surface area contributed by atoms with Gasteiger partial charge in [0.2, 0.25) is 0 Å². The molecule has 18 heavy (non-hydrogen) atoms. The molecule has 0 radical (unpaired) electrons. The number of urea groups is 1. The van der Waals surface area contributed by atoms with Gasteiger partial charge < -0.3 is 15.7 Å². The Morgan fingerprint density at radius 3 is 2.78 bits per heavy atom. The van der Waals surface area contributed by atoms with Crippen LogP contribution < -0.4 is 10.6 Å². The molecule has 0 aromatic heterocycles. The van der Waals surface area contributed by atoms with E-state index in [4.69, 9.17) is 5.11 Å². The second kappa shape index (κ2) is 7.31. The van der Waals surface area contributed by atoms with Crippen molar-refractivity contribution in [2.75, 3.05) is 6.26 Å². The van der Waals surface area contributed by atoms with Gasteiger partial charge in [-0.05, 0) is 31.9 Å². The zero-order chi connectivity index (χ0) is 13.5. The predicted octanol–water partition coefficient (Wildman–Crippen LogP) is 1.60. The van der Waals surface area contributed by atoms with Crippen LogP contribution in [0.15, 0.2) is 12.7 Å². The molecule has 0 aromatic carbocycles. The highest BCUT2D eigenvalue weighted by Gasteiger charge is 2.26. The van der Waals surface area contributed by atoms with E-state index < -0.39 is 18.0 Å². The first-order valence-corrected chi connectivity index (χ1v) is 7.29. The number of nitrogens with one attached hydrogen (secondary N) is 2. The first-order valence-electron chi connectivity index (χ1n) is 6.00. The maximum atomic E-state index is 11.7. The predicted molar refractivity (Wildman–Crippen MR) is 72.8 cm³/mol. The number of amides is 2. The third-order valence-corrected chi connectivity index (χ3v) is 4.15. The van der Waals surface area contributed by atoms with Crippen LogP contribution in [0.4, 0.5) is 4.79 Å². The van der Waals surface area contributed by atoms with E-state index in [0.717, 1.165) is 19.3 Å². The monoisotopic (exact) mass is 272 g/mol. The molecule has 0 heterocycles. The number of carbonyl (C=O) groups is 2. The Morgan fingerprint density at radius 1 is 1.56 bits per heavy atom. The highest BCUT2D eigenvalue weighted by molar-refractivity contribution is 7.99. The third kappa shape index (κ3) is 4.60. The molecule has 1 rings (SSSR count). The summed E-state index contributed by atoms with van der Waals surface area (Å²) in [6.45, 7) is 3.48. The number of carbonyl (C=O) groups excluding carboxylic acids is 1. The Bertz CT molecular complexity index is 322. The number of rotatable bonds is 6. The molecule has 0 bridgehead atoms. The van der Waals surface area contributed by atoms with Crippen LogP contribution in [0.25, 0.3) is 0 Å². The number of carboxylic acid groups (broad SMARTS) is 1. The van der Waals surface area contributed by atoms with E-state index in [2.05, 4.69) is 23.5 Å². The van der Waals surface area contributed by atoms with Crippen molar-refractivity contribution in [1.82, 2.24) is 10.6 Å². The van der Waals surface area contributed by atoms with Gasteiger partial charge >= 0.3 is 12.0 Å². The molecule has 1 aliphatic carbocycles. The molecule has 0 aromatic rings. The molecular weight excluding hydrogens is 252 g/mol. The Labute approximate surface area is 111 Å². The van der Waals surface area contributed by atoms with Crippen LogP contribution >= 0.6 is 11.8 Å². The minimum absolute atomic E-state index is 0.153. The van der Waals surface area contributed by atoms with Crippen LogP contribution in [0.5, 0.6) is 0 Å². The van der Waals surface area contributed by atoms with Crippen molar-refractivity contribution < 1.29 is 14.7 Å². The van der Waals surface area contributed by atoms with Crippen LogP contribution in [-0.2, 0) is 4.79 Å². The highest BCUT2D eigenvalue weighted by atomic mass is 32.2. The summed E-state index contributed by atoms with van der Waals surface area (Å²) in [6.07, 6.45) is 6.78. The molecule has 3 atom stereocenters. The summed E-state index contributed by atoms with van der Waals surface area (Å²) >= 11 is 1.81.